The van der Waals surface area contributed by atoms with Gasteiger partial charge in [-0.2, -0.15) is 0 Å². The van der Waals surface area contributed by atoms with E-state index in [-0.39, 0.29) is 24.0 Å². The molecule has 0 spiro atoms. The molecule has 3 aromatic carbocycles. The summed E-state index contributed by atoms with van der Waals surface area (Å²) >= 11 is 13.1. The Balaban J connectivity index is 1.72. The Morgan fingerprint density at radius 3 is 2.24 bits per heavy atom. The number of rotatable bonds is 3. The van der Waals surface area contributed by atoms with Crippen LogP contribution in [0.1, 0.15) is 53.4 Å². The first-order valence-corrected chi connectivity index (χ1v) is 12.3. The average molecular weight is 490 g/mol. The summed E-state index contributed by atoms with van der Waals surface area (Å²) in [6.45, 7) is 4.01. The van der Waals surface area contributed by atoms with E-state index in [4.69, 9.17) is 23.2 Å². The molecule has 3 aromatic rings. The molecule has 0 aromatic heterocycles. The highest BCUT2D eigenvalue weighted by Gasteiger charge is 2.43. The zero-order chi connectivity index (χ0) is 24.0. The molecule has 172 valence electrons. The lowest BCUT2D eigenvalue weighted by Gasteiger charge is -2.41. The lowest BCUT2D eigenvalue weighted by Crippen LogP contribution is -2.42. The Hall–Kier alpha value is -2.88. The van der Waals surface area contributed by atoms with E-state index >= 15 is 0 Å². The second-order valence-electron chi connectivity index (χ2n) is 9.21. The number of nitrogens with zero attached hydrogens (tertiary/aromatic N) is 1. The van der Waals surface area contributed by atoms with Crippen LogP contribution in [0.4, 0.5) is 5.69 Å². The van der Waals surface area contributed by atoms with E-state index in [2.05, 4.69) is 12.1 Å². The lowest BCUT2D eigenvalue weighted by atomic mass is 9.72. The van der Waals surface area contributed by atoms with Crippen molar-refractivity contribution in [2.75, 3.05) is 4.90 Å². The number of allylic oxidation sites excluding steroid dienone is 2. The van der Waals surface area contributed by atoms with Crippen LogP contribution in [0.3, 0.4) is 0 Å². The number of amides is 1. The molecule has 1 amide bonds. The van der Waals surface area contributed by atoms with E-state index in [1.165, 1.54) is 0 Å². The van der Waals surface area contributed by atoms with E-state index in [0.717, 1.165) is 28.1 Å². The molecule has 1 aliphatic heterocycles. The topological polar surface area (TPSA) is 37.4 Å². The number of hydrogen-bond acceptors (Lipinski definition) is 2. The van der Waals surface area contributed by atoms with Gasteiger partial charge in [0.1, 0.15) is 0 Å². The van der Waals surface area contributed by atoms with Gasteiger partial charge in [-0.15, -0.1) is 0 Å². The number of hydrogen-bond donors (Lipinski definition) is 0. The average Bonchev–Trinajstić information content (AvgIpc) is 2.81. The first-order chi connectivity index (χ1) is 16.3. The minimum atomic E-state index is -0.450. The van der Waals surface area contributed by atoms with Gasteiger partial charge >= 0.3 is 0 Å². The van der Waals surface area contributed by atoms with Gasteiger partial charge < -0.3 is 0 Å². The van der Waals surface area contributed by atoms with Crippen LogP contribution in [-0.2, 0) is 9.59 Å². The molecular weight excluding hydrogens is 465 g/mol. The third-order valence-corrected chi connectivity index (χ3v) is 7.61. The van der Waals surface area contributed by atoms with E-state index in [1.54, 1.807) is 23.1 Å². The zero-order valence-corrected chi connectivity index (χ0v) is 20.7. The number of carbonyl (C=O) groups excluding carboxylic acids is 2. The second-order valence-corrected chi connectivity index (χ2v) is 10.0. The normalized spacial score (nSPS) is 20.5. The number of aryl methyl sites for hydroxylation is 2. The maximum atomic E-state index is 13.8. The van der Waals surface area contributed by atoms with E-state index in [9.17, 15) is 9.59 Å². The number of ketones is 1. The largest absolute Gasteiger partial charge is 0.294 e. The summed E-state index contributed by atoms with van der Waals surface area (Å²) in [4.78, 5) is 29.3. The Morgan fingerprint density at radius 1 is 0.824 bits per heavy atom. The molecule has 0 N–H and O–H groups in total. The monoisotopic (exact) mass is 489 g/mol. The first-order valence-electron chi connectivity index (χ1n) is 11.5. The third-order valence-electron chi connectivity index (χ3n) is 6.95. The Morgan fingerprint density at radius 2 is 1.53 bits per heavy atom. The van der Waals surface area contributed by atoms with Crippen LogP contribution in [-0.4, -0.2) is 11.7 Å². The van der Waals surface area contributed by atoms with Crippen LogP contribution in [0.2, 0.25) is 10.0 Å². The highest BCUT2D eigenvalue weighted by Crippen LogP contribution is 2.49. The fourth-order valence-electron chi connectivity index (χ4n) is 5.33. The zero-order valence-electron chi connectivity index (χ0n) is 19.1. The van der Waals surface area contributed by atoms with E-state index in [1.807, 2.05) is 50.2 Å². The number of Topliss-reactive ketones (excluding diaryl/α,β-unsaturated/α-hetero) is 1. The molecule has 3 nitrogen and oxygen atoms in total. The van der Waals surface area contributed by atoms with Crippen LogP contribution in [0.5, 0.6) is 0 Å². The van der Waals surface area contributed by atoms with Crippen molar-refractivity contribution in [1.29, 1.82) is 0 Å². The van der Waals surface area contributed by atoms with Gasteiger partial charge in [-0.3, -0.25) is 14.5 Å². The van der Waals surface area contributed by atoms with Crippen molar-refractivity contribution < 1.29 is 9.59 Å². The lowest BCUT2D eigenvalue weighted by molar-refractivity contribution is -0.120. The Kier molecular flexibility index (Phi) is 6.09. The van der Waals surface area contributed by atoms with Gasteiger partial charge in [0.15, 0.2) is 5.78 Å². The summed E-state index contributed by atoms with van der Waals surface area (Å²) in [5.41, 5.74) is 6.11. The van der Waals surface area contributed by atoms with Gasteiger partial charge in [0, 0.05) is 40.1 Å². The summed E-state index contributed by atoms with van der Waals surface area (Å²) < 4.78 is 0. The third kappa shape index (κ3) is 3.97. The SMILES string of the molecule is Cc1ccc(C)c(N2C(=O)CC(c3c(Cl)cccc3Cl)C3=C2CC(c2ccccc2)CC3=O)c1. The molecule has 0 saturated carbocycles. The van der Waals surface area contributed by atoms with Crippen LogP contribution in [0, 0.1) is 13.8 Å². The molecule has 0 radical (unpaired) electrons. The van der Waals surface area contributed by atoms with E-state index in [0.29, 0.717) is 34.0 Å². The summed E-state index contributed by atoms with van der Waals surface area (Å²) in [5, 5.41) is 0.964. The molecule has 5 heteroatoms. The standard InChI is InChI=1S/C29H25Cl2NO2/c1-17-11-12-18(2)24(13-17)32-25-14-20(19-7-4-3-5-8-19)15-26(33)29(25)21(16-27(32)34)28-22(30)9-6-10-23(28)31/h3-13,20-21H,14-16H2,1-2H3. The summed E-state index contributed by atoms with van der Waals surface area (Å²) in [5.74, 6) is -0.434. The van der Waals surface area contributed by atoms with Crippen molar-refractivity contribution in [3.8, 4) is 0 Å². The molecule has 1 heterocycles. The smallest absolute Gasteiger partial charge is 0.232 e. The van der Waals surface area contributed by atoms with Crippen LogP contribution < -0.4 is 4.90 Å². The summed E-state index contributed by atoms with van der Waals surface area (Å²) in [7, 11) is 0. The summed E-state index contributed by atoms with van der Waals surface area (Å²) in [6, 6.07) is 21.5. The van der Waals surface area contributed by atoms with Crippen molar-refractivity contribution in [2.24, 2.45) is 0 Å². The highest BCUT2D eigenvalue weighted by atomic mass is 35.5. The van der Waals surface area contributed by atoms with Crippen LogP contribution in [0.25, 0.3) is 0 Å². The maximum absolute atomic E-state index is 13.8. The molecule has 0 saturated heterocycles. The van der Waals surface area contributed by atoms with Crippen molar-refractivity contribution in [2.45, 2.75) is 44.9 Å². The van der Waals surface area contributed by atoms with Gasteiger partial charge in [-0.25, -0.2) is 0 Å². The molecular formula is C29H25Cl2NO2. The fourth-order valence-corrected chi connectivity index (χ4v) is 5.99. The number of halogens is 2. The molecule has 0 bridgehead atoms. The molecule has 2 atom stereocenters. The van der Waals surface area contributed by atoms with Crippen molar-refractivity contribution in [3.63, 3.8) is 0 Å². The van der Waals surface area contributed by atoms with Gasteiger partial charge in [0.05, 0.1) is 5.69 Å². The summed E-state index contributed by atoms with van der Waals surface area (Å²) in [6.07, 6.45) is 1.15. The fraction of sp³-hybridized carbons (Fsp3) is 0.241. The Labute approximate surface area is 210 Å². The molecule has 5 rings (SSSR count). The highest BCUT2D eigenvalue weighted by molar-refractivity contribution is 6.36. The van der Waals surface area contributed by atoms with Crippen molar-refractivity contribution in [3.05, 3.63) is 110 Å². The number of anilines is 1. The van der Waals surface area contributed by atoms with Gasteiger partial charge in [-0.05, 0) is 66.6 Å². The number of benzene rings is 3. The second kappa shape index (κ2) is 9.05. The molecule has 2 aliphatic rings. The van der Waals surface area contributed by atoms with E-state index < -0.39 is 5.92 Å². The van der Waals surface area contributed by atoms with Gasteiger partial charge in [0.25, 0.3) is 0 Å². The van der Waals surface area contributed by atoms with Crippen LogP contribution >= 0.6 is 23.2 Å². The predicted octanol–water partition coefficient (Wildman–Crippen LogP) is 7.53. The quantitative estimate of drug-likeness (QED) is 0.381. The van der Waals surface area contributed by atoms with Crippen molar-refractivity contribution in [1.82, 2.24) is 0 Å². The Bertz CT molecular complexity index is 1310. The predicted molar refractivity (Wildman–Crippen MR) is 138 cm³/mol. The molecule has 2 unspecified atom stereocenters. The maximum Gasteiger partial charge on any atom is 0.232 e. The minimum Gasteiger partial charge on any atom is -0.294 e. The molecule has 0 fully saturated rings. The van der Waals surface area contributed by atoms with Gasteiger partial charge in [-0.1, -0.05) is 71.7 Å². The molecule has 1 aliphatic carbocycles. The minimum absolute atomic E-state index is 0.00772. The van der Waals surface area contributed by atoms with Crippen LogP contribution in [0.15, 0.2) is 78.0 Å². The van der Waals surface area contributed by atoms with Crippen molar-refractivity contribution >= 4 is 40.6 Å². The first kappa shape index (κ1) is 22.9. The number of carbonyl (C=O) groups is 2. The molecule has 34 heavy (non-hydrogen) atoms. The van der Waals surface area contributed by atoms with Gasteiger partial charge in [0.2, 0.25) is 5.91 Å².